The first kappa shape index (κ1) is 15.2. The first-order valence-electron chi connectivity index (χ1n) is 7.14. The number of halogens is 2. The molecule has 0 aromatic heterocycles. The molecule has 1 aliphatic heterocycles. The number of ether oxygens (including phenoxy) is 1. The Labute approximate surface area is 118 Å². The quantitative estimate of drug-likeness (QED) is 0.869. The molecule has 1 aromatic carbocycles. The number of nitrogens with one attached hydrogen (secondary N) is 1. The van der Waals surface area contributed by atoms with Gasteiger partial charge in [-0.15, -0.1) is 0 Å². The molecule has 0 radical (unpaired) electrons. The van der Waals surface area contributed by atoms with Gasteiger partial charge in [-0.1, -0.05) is 0 Å². The molecule has 0 aliphatic carbocycles. The molecule has 0 spiro atoms. The SMILES string of the molecule is CCN(CC1CCCO1)c1c(F)cc(CNC)cc1F. The van der Waals surface area contributed by atoms with Gasteiger partial charge >= 0.3 is 0 Å². The lowest BCUT2D eigenvalue weighted by Crippen LogP contribution is -2.33. The molecule has 1 N–H and O–H groups in total. The lowest BCUT2D eigenvalue weighted by Gasteiger charge is -2.27. The summed E-state index contributed by atoms with van der Waals surface area (Å²) in [6.45, 7) is 4.18. The molecule has 1 unspecified atom stereocenters. The number of hydrogen-bond acceptors (Lipinski definition) is 3. The molecule has 0 bridgehead atoms. The third-order valence-electron chi connectivity index (χ3n) is 3.60. The highest BCUT2D eigenvalue weighted by molar-refractivity contribution is 5.50. The van der Waals surface area contributed by atoms with Crippen molar-refractivity contribution in [3.05, 3.63) is 29.3 Å². The van der Waals surface area contributed by atoms with Crippen LogP contribution in [-0.2, 0) is 11.3 Å². The molecule has 1 atom stereocenters. The molecule has 0 amide bonds. The molecule has 1 fully saturated rings. The first-order valence-corrected chi connectivity index (χ1v) is 7.14. The average molecular weight is 284 g/mol. The van der Waals surface area contributed by atoms with Gasteiger partial charge in [0.1, 0.15) is 17.3 Å². The maximum absolute atomic E-state index is 14.2. The monoisotopic (exact) mass is 284 g/mol. The summed E-state index contributed by atoms with van der Waals surface area (Å²) in [6, 6.07) is 2.79. The lowest BCUT2D eigenvalue weighted by molar-refractivity contribution is 0.115. The predicted octanol–water partition coefficient (Wildman–Crippen LogP) is 2.69. The zero-order chi connectivity index (χ0) is 14.5. The topological polar surface area (TPSA) is 24.5 Å². The maximum Gasteiger partial charge on any atom is 0.149 e. The summed E-state index contributed by atoms with van der Waals surface area (Å²) in [5, 5.41) is 2.89. The van der Waals surface area contributed by atoms with Gasteiger partial charge in [0.25, 0.3) is 0 Å². The largest absolute Gasteiger partial charge is 0.376 e. The van der Waals surface area contributed by atoms with E-state index in [0.29, 0.717) is 25.2 Å². The van der Waals surface area contributed by atoms with Crippen molar-refractivity contribution < 1.29 is 13.5 Å². The van der Waals surface area contributed by atoms with Gasteiger partial charge in [-0.3, -0.25) is 0 Å². The molecular weight excluding hydrogens is 262 g/mol. The number of likely N-dealkylation sites (N-methyl/N-ethyl adjacent to an activating group) is 1. The molecule has 2 rings (SSSR count). The van der Waals surface area contributed by atoms with E-state index in [1.165, 1.54) is 12.1 Å². The van der Waals surface area contributed by atoms with Gasteiger partial charge in [0.15, 0.2) is 0 Å². The highest BCUT2D eigenvalue weighted by Crippen LogP contribution is 2.26. The minimum absolute atomic E-state index is 0.0582. The van der Waals surface area contributed by atoms with Crippen molar-refractivity contribution >= 4 is 5.69 Å². The normalized spacial score (nSPS) is 18.5. The van der Waals surface area contributed by atoms with Crippen LogP contribution in [-0.4, -0.2) is 32.8 Å². The van der Waals surface area contributed by atoms with Crippen LogP contribution in [0.25, 0.3) is 0 Å². The molecule has 1 heterocycles. The van der Waals surface area contributed by atoms with Crippen LogP contribution in [0.4, 0.5) is 14.5 Å². The molecule has 112 valence electrons. The van der Waals surface area contributed by atoms with Crippen molar-refractivity contribution in [1.29, 1.82) is 0 Å². The number of nitrogens with zero attached hydrogens (tertiary/aromatic N) is 1. The Morgan fingerprint density at radius 2 is 2.05 bits per heavy atom. The molecular formula is C15H22F2N2O. The van der Waals surface area contributed by atoms with E-state index in [-0.39, 0.29) is 11.8 Å². The highest BCUT2D eigenvalue weighted by Gasteiger charge is 2.23. The van der Waals surface area contributed by atoms with Crippen molar-refractivity contribution in [2.75, 3.05) is 31.6 Å². The minimum Gasteiger partial charge on any atom is -0.376 e. The minimum atomic E-state index is -0.505. The van der Waals surface area contributed by atoms with Crippen LogP contribution in [0.5, 0.6) is 0 Å². The molecule has 1 saturated heterocycles. The van der Waals surface area contributed by atoms with E-state index in [4.69, 9.17) is 4.74 Å². The molecule has 5 heteroatoms. The highest BCUT2D eigenvalue weighted by atomic mass is 19.1. The summed E-state index contributed by atoms with van der Waals surface area (Å²) in [6.07, 6.45) is 2.05. The zero-order valence-electron chi connectivity index (χ0n) is 12.1. The summed E-state index contributed by atoms with van der Waals surface area (Å²) in [7, 11) is 1.75. The fourth-order valence-electron chi connectivity index (χ4n) is 2.64. The molecule has 0 saturated carbocycles. The Kier molecular flexibility index (Phi) is 5.31. The fraction of sp³-hybridized carbons (Fsp3) is 0.600. The fourth-order valence-corrected chi connectivity index (χ4v) is 2.64. The van der Waals surface area contributed by atoms with Gasteiger partial charge in [-0.05, 0) is 44.5 Å². The van der Waals surface area contributed by atoms with E-state index in [1.807, 2.05) is 6.92 Å². The van der Waals surface area contributed by atoms with Crippen molar-refractivity contribution in [3.8, 4) is 0 Å². The summed E-state index contributed by atoms with van der Waals surface area (Å²) in [4.78, 5) is 1.73. The Morgan fingerprint density at radius 3 is 2.55 bits per heavy atom. The van der Waals surface area contributed by atoms with Crippen LogP contribution in [0.3, 0.4) is 0 Å². The number of benzene rings is 1. The summed E-state index contributed by atoms with van der Waals surface area (Å²) < 4.78 is 33.9. The van der Waals surface area contributed by atoms with Crippen LogP contribution in [0.15, 0.2) is 12.1 Å². The third-order valence-corrected chi connectivity index (χ3v) is 3.60. The number of rotatable bonds is 6. The number of anilines is 1. The van der Waals surface area contributed by atoms with Crippen LogP contribution < -0.4 is 10.2 Å². The van der Waals surface area contributed by atoms with Crippen LogP contribution in [0.1, 0.15) is 25.3 Å². The lowest BCUT2D eigenvalue weighted by atomic mass is 10.1. The Balaban J connectivity index is 2.19. The van der Waals surface area contributed by atoms with Crippen molar-refractivity contribution in [2.45, 2.75) is 32.4 Å². The van der Waals surface area contributed by atoms with Gasteiger partial charge in [-0.25, -0.2) is 8.78 Å². The third kappa shape index (κ3) is 3.46. The maximum atomic E-state index is 14.2. The van der Waals surface area contributed by atoms with Gasteiger partial charge in [0, 0.05) is 26.2 Å². The molecule has 20 heavy (non-hydrogen) atoms. The summed E-state index contributed by atoms with van der Waals surface area (Å²) in [5.74, 6) is -1.01. The van der Waals surface area contributed by atoms with E-state index in [2.05, 4.69) is 5.32 Å². The van der Waals surface area contributed by atoms with Gasteiger partial charge in [0.2, 0.25) is 0 Å². The standard InChI is InChI=1S/C15H22F2N2O/c1-3-19(10-12-5-4-6-20-12)15-13(16)7-11(9-18-2)8-14(15)17/h7-8,12,18H,3-6,9-10H2,1-2H3. The summed E-state index contributed by atoms with van der Waals surface area (Å²) >= 11 is 0. The van der Waals surface area contributed by atoms with E-state index in [9.17, 15) is 8.78 Å². The van der Waals surface area contributed by atoms with Crippen LogP contribution >= 0.6 is 0 Å². The van der Waals surface area contributed by atoms with Crippen LogP contribution in [0.2, 0.25) is 0 Å². The van der Waals surface area contributed by atoms with Crippen molar-refractivity contribution in [3.63, 3.8) is 0 Å². The Bertz CT molecular complexity index is 424. The zero-order valence-corrected chi connectivity index (χ0v) is 12.1. The second-order valence-electron chi connectivity index (χ2n) is 5.11. The first-order chi connectivity index (χ1) is 9.65. The van der Waals surface area contributed by atoms with E-state index in [1.54, 1.807) is 11.9 Å². The Hall–Kier alpha value is -1.20. The molecule has 1 aromatic rings. The van der Waals surface area contributed by atoms with Gasteiger partial charge in [-0.2, -0.15) is 0 Å². The second-order valence-corrected chi connectivity index (χ2v) is 5.11. The van der Waals surface area contributed by atoms with E-state index >= 15 is 0 Å². The molecule has 1 aliphatic rings. The van der Waals surface area contributed by atoms with Crippen molar-refractivity contribution in [2.24, 2.45) is 0 Å². The molecule has 3 nitrogen and oxygen atoms in total. The van der Waals surface area contributed by atoms with E-state index < -0.39 is 11.6 Å². The average Bonchev–Trinajstić information content (AvgIpc) is 2.90. The van der Waals surface area contributed by atoms with E-state index in [0.717, 1.165) is 19.4 Å². The Morgan fingerprint density at radius 1 is 1.35 bits per heavy atom. The predicted molar refractivity (Wildman–Crippen MR) is 76.0 cm³/mol. The van der Waals surface area contributed by atoms with Crippen molar-refractivity contribution in [1.82, 2.24) is 5.32 Å². The smallest absolute Gasteiger partial charge is 0.149 e. The van der Waals surface area contributed by atoms with Gasteiger partial charge < -0.3 is 15.0 Å². The summed E-state index contributed by atoms with van der Waals surface area (Å²) in [5.41, 5.74) is 0.669. The van der Waals surface area contributed by atoms with Crippen LogP contribution in [0, 0.1) is 11.6 Å². The second kappa shape index (κ2) is 6.99. The number of hydrogen-bond donors (Lipinski definition) is 1. The van der Waals surface area contributed by atoms with Gasteiger partial charge in [0.05, 0.1) is 6.10 Å².